The van der Waals surface area contributed by atoms with Crippen molar-refractivity contribution < 1.29 is 86.0 Å². The highest BCUT2D eigenvalue weighted by Crippen LogP contribution is 2.32. The summed E-state index contributed by atoms with van der Waals surface area (Å²) in [5.74, 6) is -5.94. The van der Waals surface area contributed by atoms with Gasteiger partial charge in [0, 0.05) is 48.5 Å². The zero-order valence-electron chi connectivity index (χ0n) is 25.1. The number of carbonyl (C=O) groups excluding carboxylic acids is 7. The van der Waals surface area contributed by atoms with E-state index in [0.717, 1.165) is 48.5 Å². The smallest absolute Gasteiger partial charge is 0.303 e. The van der Waals surface area contributed by atoms with Crippen molar-refractivity contribution in [3.8, 4) is 0 Å². The predicted octanol–water partition coefficient (Wildman–Crippen LogP) is -1.40. The van der Waals surface area contributed by atoms with Crippen LogP contribution in [0.5, 0.6) is 0 Å². The Morgan fingerprint density at radius 3 is 1.27 bits per heavy atom. The largest absolute Gasteiger partial charge is 0.463 e. The molecule has 0 bridgehead atoms. The molecule has 2 fully saturated rings. The van der Waals surface area contributed by atoms with Gasteiger partial charge < -0.3 is 52.5 Å². The molecule has 2 aliphatic heterocycles. The lowest BCUT2D eigenvalue weighted by Gasteiger charge is -2.45. The first-order valence-corrected chi connectivity index (χ1v) is 13.3. The normalized spacial score (nSPS) is 31.5. The van der Waals surface area contributed by atoms with Crippen LogP contribution in [0, 0.1) is 0 Å². The van der Waals surface area contributed by atoms with E-state index in [2.05, 4.69) is 0 Å². The van der Waals surface area contributed by atoms with Crippen molar-refractivity contribution in [3.05, 3.63) is 0 Å². The molecule has 18 heteroatoms. The van der Waals surface area contributed by atoms with Gasteiger partial charge in [0.1, 0.15) is 18.8 Å². The first-order chi connectivity index (χ1) is 20.5. The minimum atomic E-state index is -1.90. The van der Waals surface area contributed by atoms with E-state index in [1.807, 2.05) is 0 Å². The summed E-state index contributed by atoms with van der Waals surface area (Å²) in [7, 11) is 0. The lowest BCUT2D eigenvalue weighted by Crippen LogP contribution is -2.64. The highest BCUT2D eigenvalue weighted by Gasteiger charge is 2.55. The molecule has 44 heavy (non-hydrogen) atoms. The molecule has 2 heterocycles. The highest BCUT2D eigenvalue weighted by atomic mass is 16.7. The van der Waals surface area contributed by atoms with Gasteiger partial charge in [0.25, 0.3) is 0 Å². The number of hydrogen-bond donors (Lipinski definition) is 1. The van der Waals surface area contributed by atoms with E-state index >= 15 is 0 Å². The summed E-state index contributed by atoms with van der Waals surface area (Å²) in [5.41, 5.74) is 0. The fraction of sp³-hybridized carbons (Fsp3) is 0.731. The third kappa shape index (κ3) is 10.7. The van der Waals surface area contributed by atoms with Gasteiger partial charge >= 0.3 is 41.8 Å². The average molecular weight is 637 g/mol. The van der Waals surface area contributed by atoms with Crippen molar-refractivity contribution in [2.45, 2.75) is 110 Å². The molecule has 18 nitrogen and oxygen atoms in total. The molecule has 2 saturated heterocycles. The highest BCUT2D eigenvalue weighted by molar-refractivity contribution is 5.69. The number of aliphatic hydroxyl groups is 1. The Balaban J connectivity index is 2.48. The molecule has 0 aromatic rings. The Labute approximate surface area is 251 Å². The number of carbonyl (C=O) groups is 7. The first-order valence-electron chi connectivity index (χ1n) is 13.3. The van der Waals surface area contributed by atoms with Crippen LogP contribution in [0.25, 0.3) is 0 Å². The van der Waals surface area contributed by atoms with Crippen LogP contribution < -0.4 is 0 Å². The average Bonchev–Trinajstić information content (AvgIpc) is 2.87. The van der Waals surface area contributed by atoms with Gasteiger partial charge in [0.05, 0.1) is 6.61 Å². The van der Waals surface area contributed by atoms with E-state index in [4.69, 9.17) is 47.4 Å². The summed E-state index contributed by atoms with van der Waals surface area (Å²) in [5, 5.41) is 10.6. The molecule has 0 aromatic carbocycles. The second-order valence-corrected chi connectivity index (χ2v) is 9.69. The molecule has 1 N–H and O–H groups in total. The fourth-order valence-electron chi connectivity index (χ4n) is 4.52. The molecule has 2 aliphatic rings. The maximum Gasteiger partial charge on any atom is 0.303 e. The van der Waals surface area contributed by atoms with Crippen LogP contribution >= 0.6 is 0 Å². The number of rotatable bonds is 11. The molecule has 0 radical (unpaired) electrons. The van der Waals surface area contributed by atoms with Crippen LogP contribution in [-0.2, 0) is 80.9 Å². The van der Waals surface area contributed by atoms with Gasteiger partial charge in [-0.05, 0) is 0 Å². The number of ether oxygens (including phenoxy) is 10. The van der Waals surface area contributed by atoms with E-state index in [0.29, 0.717) is 0 Å². The minimum absolute atomic E-state index is 0.523. The topological polar surface area (TPSA) is 232 Å². The van der Waals surface area contributed by atoms with Gasteiger partial charge in [0.15, 0.2) is 49.2 Å². The van der Waals surface area contributed by atoms with E-state index in [9.17, 15) is 38.7 Å². The van der Waals surface area contributed by atoms with Crippen molar-refractivity contribution in [3.63, 3.8) is 0 Å². The molecular formula is C26H36O18. The molecule has 0 unspecified atom stereocenters. The van der Waals surface area contributed by atoms with Crippen LogP contribution in [0.15, 0.2) is 0 Å². The van der Waals surface area contributed by atoms with Crippen LogP contribution in [0.4, 0.5) is 0 Å². The molecule has 0 aliphatic carbocycles. The lowest BCUT2D eigenvalue weighted by atomic mass is 9.97. The molecule has 248 valence electrons. The zero-order valence-corrected chi connectivity index (χ0v) is 25.1. The summed E-state index contributed by atoms with van der Waals surface area (Å²) in [6.07, 6.45) is -15.6. The lowest BCUT2D eigenvalue weighted by molar-refractivity contribution is -0.330. The molecule has 10 atom stereocenters. The minimum Gasteiger partial charge on any atom is -0.463 e. The second kappa shape index (κ2) is 16.3. The van der Waals surface area contributed by atoms with E-state index in [1.165, 1.54) is 0 Å². The third-order valence-electron chi connectivity index (χ3n) is 5.89. The SMILES string of the molecule is CC(=O)OC[C@@H]1O[C@H](OC[C@H]2O[C@@H](O)[C@H](OC(C)=O)[C@@H](OC(C)=O)[C@@H]2OC(C)=O)[C@@H](OC(C)=O)[C@H](OC(C)=O)[C@@H]1OC(C)=O. The summed E-state index contributed by atoms with van der Waals surface area (Å²) in [4.78, 5) is 83.0. The maximum atomic E-state index is 12.1. The van der Waals surface area contributed by atoms with Crippen LogP contribution in [0.3, 0.4) is 0 Å². The molecule has 0 amide bonds. The fourth-order valence-corrected chi connectivity index (χ4v) is 4.52. The van der Waals surface area contributed by atoms with E-state index in [-0.39, 0.29) is 0 Å². The molecule has 2 rings (SSSR count). The third-order valence-corrected chi connectivity index (χ3v) is 5.89. The van der Waals surface area contributed by atoms with Gasteiger partial charge in [-0.2, -0.15) is 0 Å². The Kier molecular flexibility index (Phi) is 13.4. The first kappa shape index (κ1) is 36.3. The molecule has 0 saturated carbocycles. The van der Waals surface area contributed by atoms with Crippen molar-refractivity contribution in [1.29, 1.82) is 0 Å². The number of aliphatic hydroxyl groups excluding tert-OH is 1. The van der Waals surface area contributed by atoms with Gasteiger partial charge in [-0.15, -0.1) is 0 Å². The maximum absolute atomic E-state index is 12.1. The van der Waals surface area contributed by atoms with Gasteiger partial charge in [-0.3, -0.25) is 33.6 Å². The van der Waals surface area contributed by atoms with Crippen LogP contribution in [-0.4, -0.2) is 122 Å². The Morgan fingerprint density at radius 1 is 0.477 bits per heavy atom. The quantitative estimate of drug-likeness (QED) is 0.203. The zero-order chi connectivity index (χ0) is 33.3. The van der Waals surface area contributed by atoms with Gasteiger partial charge in [-0.25, -0.2) is 0 Å². The Bertz CT molecular complexity index is 1090. The summed E-state index contributed by atoms with van der Waals surface area (Å²) in [6.45, 7) is 6.15. The molecule has 0 aromatic heterocycles. The van der Waals surface area contributed by atoms with Crippen molar-refractivity contribution in [1.82, 2.24) is 0 Å². The standard InChI is InChI=1S/C26H36O18/c1-10(27)35-8-18-20(38-12(3)29)22(40-14(5)31)24(42-16(7)33)26(44-18)36-9-17-19(37-11(2)28)21(39-13(4)30)23(25(34)43-17)41-15(6)32/h17-26,34H,8-9H2,1-7H3/t17-,18+,19-,20-,21+,22-,23-,24+,25-,26+/m1/s1. The summed E-state index contributed by atoms with van der Waals surface area (Å²) >= 11 is 0. The number of hydrogen-bond acceptors (Lipinski definition) is 18. The predicted molar refractivity (Wildman–Crippen MR) is 135 cm³/mol. The monoisotopic (exact) mass is 636 g/mol. The number of esters is 7. The van der Waals surface area contributed by atoms with Crippen LogP contribution in [0.1, 0.15) is 48.5 Å². The van der Waals surface area contributed by atoms with E-state index < -0.39 is 116 Å². The van der Waals surface area contributed by atoms with Crippen molar-refractivity contribution in [2.24, 2.45) is 0 Å². The molecule has 0 spiro atoms. The van der Waals surface area contributed by atoms with Crippen molar-refractivity contribution in [2.75, 3.05) is 13.2 Å². The Morgan fingerprint density at radius 2 is 0.841 bits per heavy atom. The van der Waals surface area contributed by atoms with Crippen molar-refractivity contribution >= 4 is 41.8 Å². The van der Waals surface area contributed by atoms with Gasteiger partial charge in [0.2, 0.25) is 0 Å². The second-order valence-electron chi connectivity index (χ2n) is 9.69. The van der Waals surface area contributed by atoms with Crippen LogP contribution in [0.2, 0.25) is 0 Å². The van der Waals surface area contributed by atoms with E-state index in [1.54, 1.807) is 0 Å². The molecular weight excluding hydrogens is 600 g/mol. The Hall–Kier alpha value is -3.87. The van der Waals surface area contributed by atoms with Gasteiger partial charge in [-0.1, -0.05) is 0 Å². The summed E-state index contributed by atoms with van der Waals surface area (Å²) in [6, 6.07) is 0. The summed E-state index contributed by atoms with van der Waals surface area (Å²) < 4.78 is 53.7.